The summed E-state index contributed by atoms with van der Waals surface area (Å²) in [6, 6.07) is 20.0. The van der Waals surface area contributed by atoms with E-state index in [1.165, 1.54) is 5.56 Å². The Hall–Kier alpha value is -2.18. The summed E-state index contributed by atoms with van der Waals surface area (Å²) < 4.78 is 23.8. The minimum absolute atomic E-state index is 0.118. The van der Waals surface area contributed by atoms with Crippen LogP contribution >= 0.6 is 0 Å². The SMILES string of the molecule is O=C(C(c1ccccc1)N1CCS(=O)(=O)CC1)N1CCC(CCc2ccccc2)CC1. The predicted octanol–water partition coefficient (Wildman–Crippen LogP) is 3.33. The van der Waals surface area contributed by atoms with Crippen LogP contribution in [0.15, 0.2) is 60.7 Å². The van der Waals surface area contributed by atoms with Gasteiger partial charge in [0.2, 0.25) is 5.91 Å². The average molecular weight is 441 g/mol. The summed E-state index contributed by atoms with van der Waals surface area (Å²) in [5.41, 5.74) is 2.34. The van der Waals surface area contributed by atoms with Crippen LogP contribution in [0.25, 0.3) is 0 Å². The molecule has 2 heterocycles. The van der Waals surface area contributed by atoms with Gasteiger partial charge in [0.25, 0.3) is 0 Å². The summed E-state index contributed by atoms with van der Waals surface area (Å²) >= 11 is 0. The summed E-state index contributed by atoms with van der Waals surface area (Å²) in [5, 5.41) is 0. The van der Waals surface area contributed by atoms with Crippen molar-refractivity contribution in [1.29, 1.82) is 0 Å². The fourth-order valence-corrected chi connectivity index (χ4v) is 5.99. The number of amides is 1. The monoisotopic (exact) mass is 440 g/mol. The molecule has 0 spiro atoms. The molecule has 0 bridgehead atoms. The van der Waals surface area contributed by atoms with E-state index in [4.69, 9.17) is 0 Å². The first kappa shape index (κ1) is 22.0. The van der Waals surface area contributed by atoms with E-state index in [1.807, 2.05) is 35.2 Å². The third-order valence-corrected chi connectivity index (χ3v) is 8.31. The summed E-state index contributed by atoms with van der Waals surface area (Å²) in [4.78, 5) is 17.6. The van der Waals surface area contributed by atoms with Gasteiger partial charge in [-0.1, -0.05) is 60.7 Å². The lowest BCUT2D eigenvalue weighted by Gasteiger charge is -2.39. The van der Waals surface area contributed by atoms with Gasteiger partial charge < -0.3 is 4.90 Å². The van der Waals surface area contributed by atoms with Gasteiger partial charge >= 0.3 is 0 Å². The first-order chi connectivity index (χ1) is 15.0. The summed E-state index contributed by atoms with van der Waals surface area (Å²) in [6.07, 6.45) is 4.33. The molecule has 2 fully saturated rings. The van der Waals surface area contributed by atoms with Crippen LogP contribution in [0.3, 0.4) is 0 Å². The number of rotatable bonds is 6. The van der Waals surface area contributed by atoms with Gasteiger partial charge in [0.05, 0.1) is 11.5 Å². The van der Waals surface area contributed by atoms with Crippen molar-refractivity contribution in [3.8, 4) is 0 Å². The molecule has 6 heteroatoms. The van der Waals surface area contributed by atoms with E-state index in [9.17, 15) is 13.2 Å². The molecule has 0 aromatic heterocycles. The van der Waals surface area contributed by atoms with Crippen molar-refractivity contribution >= 4 is 15.7 Å². The Morgan fingerprint density at radius 3 is 2.06 bits per heavy atom. The first-order valence-corrected chi connectivity index (χ1v) is 13.2. The molecule has 4 rings (SSSR count). The molecule has 166 valence electrons. The fourth-order valence-electron chi connectivity index (χ4n) is 4.76. The van der Waals surface area contributed by atoms with Gasteiger partial charge in [0.15, 0.2) is 9.84 Å². The van der Waals surface area contributed by atoms with E-state index < -0.39 is 15.9 Å². The second-order valence-electron chi connectivity index (χ2n) is 8.79. The Morgan fingerprint density at radius 1 is 0.871 bits per heavy atom. The number of sulfone groups is 1. The van der Waals surface area contributed by atoms with Crippen molar-refractivity contribution in [2.45, 2.75) is 31.7 Å². The molecule has 0 N–H and O–H groups in total. The van der Waals surface area contributed by atoms with E-state index in [1.54, 1.807) is 0 Å². The third kappa shape index (κ3) is 5.74. The molecule has 0 aliphatic carbocycles. The molecule has 0 radical (unpaired) electrons. The lowest BCUT2D eigenvalue weighted by atomic mass is 9.90. The Kier molecular flexibility index (Phi) is 7.08. The largest absolute Gasteiger partial charge is 0.341 e. The first-order valence-electron chi connectivity index (χ1n) is 11.3. The molecule has 1 atom stereocenters. The number of carbonyl (C=O) groups is 1. The van der Waals surface area contributed by atoms with Crippen LogP contribution in [0.2, 0.25) is 0 Å². The van der Waals surface area contributed by atoms with E-state index in [-0.39, 0.29) is 17.4 Å². The summed E-state index contributed by atoms with van der Waals surface area (Å²) in [7, 11) is -2.99. The topological polar surface area (TPSA) is 57.7 Å². The van der Waals surface area contributed by atoms with Gasteiger partial charge in [-0.15, -0.1) is 0 Å². The van der Waals surface area contributed by atoms with Crippen molar-refractivity contribution in [2.75, 3.05) is 37.7 Å². The van der Waals surface area contributed by atoms with Crippen LogP contribution in [0, 0.1) is 5.92 Å². The Balaban J connectivity index is 1.38. The Morgan fingerprint density at radius 2 is 1.45 bits per heavy atom. The highest BCUT2D eigenvalue weighted by molar-refractivity contribution is 7.91. The number of benzene rings is 2. The van der Waals surface area contributed by atoms with Crippen molar-refractivity contribution in [3.05, 3.63) is 71.8 Å². The molecule has 1 amide bonds. The average Bonchev–Trinajstić information content (AvgIpc) is 2.80. The number of aryl methyl sites for hydroxylation is 1. The van der Waals surface area contributed by atoms with Crippen LogP contribution in [-0.2, 0) is 21.1 Å². The smallest absolute Gasteiger partial charge is 0.244 e. The van der Waals surface area contributed by atoms with Crippen LogP contribution < -0.4 is 0 Å². The van der Waals surface area contributed by atoms with Gasteiger partial charge in [-0.05, 0) is 42.7 Å². The third-order valence-electron chi connectivity index (χ3n) is 6.70. The molecule has 1 unspecified atom stereocenters. The number of likely N-dealkylation sites (tertiary alicyclic amines) is 1. The maximum atomic E-state index is 13.6. The lowest BCUT2D eigenvalue weighted by molar-refractivity contribution is -0.138. The zero-order valence-corrected chi connectivity index (χ0v) is 18.8. The lowest BCUT2D eigenvalue weighted by Crippen LogP contribution is -2.50. The highest BCUT2D eigenvalue weighted by Gasteiger charge is 2.36. The fraction of sp³-hybridized carbons (Fsp3) is 0.480. The van der Waals surface area contributed by atoms with Crippen LogP contribution in [0.5, 0.6) is 0 Å². The summed E-state index contributed by atoms with van der Waals surface area (Å²) in [5.74, 6) is 1.03. The highest BCUT2D eigenvalue weighted by atomic mass is 32.2. The minimum atomic E-state index is -2.99. The predicted molar refractivity (Wildman–Crippen MR) is 123 cm³/mol. The molecular weight excluding hydrogens is 408 g/mol. The van der Waals surface area contributed by atoms with E-state index in [0.29, 0.717) is 19.0 Å². The maximum Gasteiger partial charge on any atom is 0.244 e. The van der Waals surface area contributed by atoms with Crippen LogP contribution in [0.4, 0.5) is 0 Å². The molecule has 2 aliphatic heterocycles. The zero-order chi connectivity index (χ0) is 21.7. The molecule has 5 nitrogen and oxygen atoms in total. The standard InChI is InChI=1S/C25H32N2O3S/c28-25(27-15-13-22(14-16-27)12-11-21-7-3-1-4-8-21)24(23-9-5-2-6-10-23)26-17-19-31(29,30)20-18-26/h1-10,22,24H,11-20H2. The number of hydrogen-bond acceptors (Lipinski definition) is 4. The van der Waals surface area contributed by atoms with Gasteiger partial charge in [-0.2, -0.15) is 0 Å². The molecule has 2 aromatic rings. The van der Waals surface area contributed by atoms with Crippen molar-refractivity contribution in [1.82, 2.24) is 9.80 Å². The van der Waals surface area contributed by atoms with Crippen LogP contribution in [0.1, 0.15) is 36.4 Å². The number of carbonyl (C=O) groups excluding carboxylic acids is 1. The maximum absolute atomic E-state index is 13.6. The molecule has 2 saturated heterocycles. The number of hydrogen-bond donors (Lipinski definition) is 0. The highest BCUT2D eigenvalue weighted by Crippen LogP contribution is 2.29. The van der Waals surface area contributed by atoms with Gasteiger partial charge in [-0.25, -0.2) is 8.42 Å². The molecule has 31 heavy (non-hydrogen) atoms. The van der Waals surface area contributed by atoms with Gasteiger partial charge in [-0.3, -0.25) is 9.69 Å². The molecule has 2 aliphatic rings. The molecule has 0 saturated carbocycles. The van der Waals surface area contributed by atoms with Crippen LogP contribution in [-0.4, -0.2) is 61.8 Å². The zero-order valence-electron chi connectivity index (χ0n) is 18.0. The summed E-state index contributed by atoms with van der Waals surface area (Å²) in [6.45, 7) is 2.41. The second kappa shape index (κ2) is 9.96. The molecule has 2 aromatic carbocycles. The van der Waals surface area contributed by atoms with Crippen molar-refractivity contribution in [3.63, 3.8) is 0 Å². The Labute approximate surface area is 186 Å². The Bertz CT molecular complexity index is 941. The number of piperidine rings is 1. The number of nitrogens with zero attached hydrogens (tertiary/aromatic N) is 2. The normalized spacial score (nSPS) is 21.0. The van der Waals surface area contributed by atoms with Gasteiger partial charge in [0, 0.05) is 26.2 Å². The van der Waals surface area contributed by atoms with Crippen molar-refractivity contribution < 1.29 is 13.2 Å². The molecular formula is C25H32N2O3S. The second-order valence-corrected chi connectivity index (χ2v) is 11.1. The van der Waals surface area contributed by atoms with Gasteiger partial charge in [0.1, 0.15) is 6.04 Å². The minimum Gasteiger partial charge on any atom is -0.341 e. The van der Waals surface area contributed by atoms with Crippen molar-refractivity contribution in [2.24, 2.45) is 5.92 Å². The van der Waals surface area contributed by atoms with E-state index in [2.05, 4.69) is 35.2 Å². The van der Waals surface area contributed by atoms with E-state index in [0.717, 1.165) is 44.3 Å². The quantitative estimate of drug-likeness (QED) is 0.691. The van der Waals surface area contributed by atoms with E-state index >= 15 is 0 Å².